The summed E-state index contributed by atoms with van der Waals surface area (Å²) in [4.78, 5) is 23.0. The largest absolute Gasteiger partial charge is 0.322 e. The molecule has 2 rings (SSSR count). The highest BCUT2D eigenvalue weighted by Crippen LogP contribution is 2.24. The Bertz CT molecular complexity index is 725. The number of hydrogen-bond donors (Lipinski definition) is 1. The Hall–Kier alpha value is -1.99. The number of carbonyl (C=O) groups excluding carboxylic acids is 1. The van der Waals surface area contributed by atoms with Crippen LogP contribution in [0.3, 0.4) is 0 Å². The van der Waals surface area contributed by atoms with Crippen molar-refractivity contribution in [2.45, 2.75) is 6.92 Å². The number of nitro benzene ring substituents is 1. The maximum Gasteiger partial charge on any atom is 0.271 e. The number of hydrogen-bond acceptors (Lipinski definition) is 4. The Morgan fingerprint density at radius 1 is 1.38 bits per heavy atom. The van der Waals surface area contributed by atoms with Crippen LogP contribution in [0, 0.1) is 17.0 Å². The van der Waals surface area contributed by atoms with Gasteiger partial charge in [-0.25, -0.2) is 0 Å². The zero-order valence-electron chi connectivity index (χ0n) is 11.0. The topological polar surface area (TPSA) is 72.2 Å². The molecule has 0 saturated carbocycles. The summed E-state index contributed by atoms with van der Waals surface area (Å²) in [5.74, 6) is -0.330. The van der Waals surface area contributed by atoms with Gasteiger partial charge in [-0.15, -0.1) is 11.3 Å². The van der Waals surface area contributed by atoms with Gasteiger partial charge >= 0.3 is 0 Å². The average molecular weight is 367 g/mol. The molecule has 1 N–H and O–H groups in total. The van der Waals surface area contributed by atoms with Crippen LogP contribution in [0.2, 0.25) is 0 Å². The van der Waals surface area contributed by atoms with Crippen LogP contribution in [0.1, 0.15) is 10.4 Å². The van der Waals surface area contributed by atoms with E-state index in [-0.39, 0.29) is 11.6 Å². The fraction of sp³-hybridized carbons (Fsp3) is 0.0714. The second-order valence-corrected chi connectivity index (χ2v) is 6.72. The van der Waals surface area contributed by atoms with Crippen molar-refractivity contribution in [2.24, 2.45) is 0 Å². The monoisotopic (exact) mass is 366 g/mol. The van der Waals surface area contributed by atoms with E-state index in [9.17, 15) is 14.9 Å². The molecule has 1 aromatic heterocycles. The summed E-state index contributed by atoms with van der Waals surface area (Å²) in [6, 6.07) is 8.14. The first kappa shape index (κ1) is 15.4. The third kappa shape index (κ3) is 4.24. The summed E-state index contributed by atoms with van der Waals surface area (Å²) in [6.45, 7) is 1.78. The molecule has 1 heterocycles. The van der Waals surface area contributed by atoms with Gasteiger partial charge in [-0.1, -0.05) is 6.07 Å². The minimum atomic E-state index is -0.492. The number of carbonyl (C=O) groups is 1. The van der Waals surface area contributed by atoms with Gasteiger partial charge in [-0.05, 0) is 46.6 Å². The zero-order chi connectivity index (χ0) is 15.4. The third-order valence-corrected chi connectivity index (χ3v) is 4.27. The van der Waals surface area contributed by atoms with Crippen LogP contribution in [0.4, 0.5) is 11.4 Å². The van der Waals surface area contributed by atoms with E-state index in [0.29, 0.717) is 5.69 Å². The van der Waals surface area contributed by atoms with Crippen molar-refractivity contribution in [3.63, 3.8) is 0 Å². The fourth-order valence-electron chi connectivity index (χ4n) is 1.61. The van der Waals surface area contributed by atoms with E-state index in [0.717, 1.165) is 14.2 Å². The minimum absolute atomic E-state index is 0.0536. The molecule has 1 aromatic carbocycles. The van der Waals surface area contributed by atoms with Gasteiger partial charge < -0.3 is 5.32 Å². The van der Waals surface area contributed by atoms with Gasteiger partial charge in [-0.2, -0.15) is 0 Å². The van der Waals surface area contributed by atoms with Crippen molar-refractivity contribution < 1.29 is 9.72 Å². The number of halogens is 1. The molecule has 0 spiro atoms. The molecule has 0 aliphatic carbocycles. The third-order valence-electron chi connectivity index (χ3n) is 2.68. The van der Waals surface area contributed by atoms with Gasteiger partial charge in [0, 0.05) is 23.1 Å². The number of nitro groups is 1. The summed E-state index contributed by atoms with van der Waals surface area (Å²) >= 11 is 4.85. The van der Waals surface area contributed by atoms with Crippen LogP contribution >= 0.6 is 27.3 Å². The lowest BCUT2D eigenvalue weighted by Gasteiger charge is -2.05. The van der Waals surface area contributed by atoms with Gasteiger partial charge in [0.05, 0.1) is 14.4 Å². The number of benzene rings is 1. The minimum Gasteiger partial charge on any atom is -0.322 e. The van der Waals surface area contributed by atoms with Crippen LogP contribution in [0.25, 0.3) is 6.08 Å². The quantitative estimate of drug-likeness (QED) is 0.495. The summed E-state index contributed by atoms with van der Waals surface area (Å²) in [7, 11) is 0. The molecule has 0 aliphatic rings. The second kappa shape index (κ2) is 6.64. The molecule has 0 unspecified atom stereocenters. The van der Waals surface area contributed by atoms with Gasteiger partial charge in [0.15, 0.2) is 0 Å². The molecule has 0 radical (unpaired) electrons. The molecule has 2 aromatic rings. The second-order valence-electron chi connectivity index (χ2n) is 4.22. The van der Waals surface area contributed by atoms with Gasteiger partial charge in [0.2, 0.25) is 5.91 Å². The molecule has 0 bridgehead atoms. The molecule has 1 amide bonds. The van der Waals surface area contributed by atoms with E-state index < -0.39 is 4.92 Å². The summed E-state index contributed by atoms with van der Waals surface area (Å²) in [5.41, 5.74) is 1.15. The van der Waals surface area contributed by atoms with Crippen LogP contribution in [-0.2, 0) is 4.79 Å². The van der Waals surface area contributed by atoms with Crippen LogP contribution < -0.4 is 5.32 Å². The molecule has 21 heavy (non-hydrogen) atoms. The van der Waals surface area contributed by atoms with Crippen LogP contribution in [0.15, 0.2) is 40.2 Å². The molecule has 0 aliphatic heterocycles. The lowest BCUT2D eigenvalue weighted by Crippen LogP contribution is -2.09. The normalized spacial score (nSPS) is 10.8. The number of rotatable bonds is 4. The molecule has 7 heteroatoms. The van der Waals surface area contributed by atoms with Gasteiger partial charge in [0.25, 0.3) is 5.69 Å². The maximum absolute atomic E-state index is 11.9. The van der Waals surface area contributed by atoms with E-state index in [4.69, 9.17) is 0 Å². The Morgan fingerprint density at radius 3 is 2.76 bits per heavy atom. The number of anilines is 1. The lowest BCUT2D eigenvalue weighted by atomic mass is 10.2. The number of nitrogens with one attached hydrogen (secondary N) is 1. The number of amides is 1. The predicted molar refractivity (Wildman–Crippen MR) is 87.5 cm³/mol. The molecule has 0 saturated heterocycles. The van der Waals surface area contributed by atoms with Crippen molar-refractivity contribution in [3.8, 4) is 0 Å². The van der Waals surface area contributed by atoms with Crippen LogP contribution in [-0.4, -0.2) is 10.8 Å². The molecule has 5 nitrogen and oxygen atoms in total. The van der Waals surface area contributed by atoms with E-state index in [1.165, 1.54) is 29.5 Å². The fourth-order valence-corrected chi connectivity index (χ4v) is 2.93. The first-order valence-corrected chi connectivity index (χ1v) is 7.56. The highest BCUT2D eigenvalue weighted by molar-refractivity contribution is 9.11. The molecule has 108 valence electrons. The number of aryl methyl sites for hydroxylation is 1. The predicted octanol–water partition coefficient (Wildman–Crippen LogP) is 4.38. The van der Waals surface area contributed by atoms with Crippen molar-refractivity contribution in [1.29, 1.82) is 0 Å². The zero-order valence-corrected chi connectivity index (χ0v) is 13.4. The van der Waals surface area contributed by atoms with Crippen molar-refractivity contribution in [1.82, 2.24) is 0 Å². The molecule has 0 fully saturated rings. The highest BCUT2D eigenvalue weighted by Gasteiger charge is 2.09. The standard InChI is InChI=1S/C14H11BrN2O3S/c1-9-2-3-10(17(19)20)8-12(9)16-14(18)7-5-11-4-6-13(15)21-11/h2-8H,1H3,(H,16,18)/b7-5+. The first-order valence-electron chi connectivity index (χ1n) is 5.95. The average Bonchev–Trinajstić information content (AvgIpc) is 2.84. The lowest BCUT2D eigenvalue weighted by molar-refractivity contribution is -0.384. The SMILES string of the molecule is Cc1ccc([N+](=O)[O-])cc1NC(=O)/C=C/c1ccc(Br)s1. The smallest absolute Gasteiger partial charge is 0.271 e. The molecular formula is C14H11BrN2O3S. The number of nitrogens with zero attached hydrogens (tertiary/aromatic N) is 1. The Kier molecular flexibility index (Phi) is 4.87. The Morgan fingerprint density at radius 2 is 2.14 bits per heavy atom. The summed E-state index contributed by atoms with van der Waals surface area (Å²) < 4.78 is 0.983. The van der Waals surface area contributed by atoms with Crippen molar-refractivity contribution in [2.75, 3.05) is 5.32 Å². The summed E-state index contributed by atoms with van der Waals surface area (Å²) in [5, 5.41) is 13.4. The maximum atomic E-state index is 11.9. The van der Waals surface area contributed by atoms with E-state index >= 15 is 0 Å². The van der Waals surface area contributed by atoms with Crippen molar-refractivity contribution >= 4 is 50.6 Å². The number of thiophene rings is 1. The molecular weight excluding hydrogens is 356 g/mol. The first-order chi connectivity index (χ1) is 9.95. The van der Waals surface area contributed by atoms with E-state index in [1.807, 2.05) is 12.1 Å². The summed E-state index contributed by atoms with van der Waals surface area (Å²) in [6.07, 6.45) is 3.09. The van der Waals surface area contributed by atoms with Gasteiger partial charge in [0.1, 0.15) is 0 Å². The Labute approximate surface area is 133 Å². The molecule has 0 atom stereocenters. The van der Waals surface area contributed by atoms with E-state index in [2.05, 4.69) is 21.2 Å². The van der Waals surface area contributed by atoms with Crippen LogP contribution in [0.5, 0.6) is 0 Å². The Balaban J connectivity index is 2.10. The van der Waals surface area contributed by atoms with Crippen molar-refractivity contribution in [3.05, 3.63) is 60.7 Å². The number of non-ortho nitro benzene ring substituents is 1. The van der Waals surface area contributed by atoms with Gasteiger partial charge in [-0.3, -0.25) is 14.9 Å². The highest BCUT2D eigenvalue weighted by atomic mass is 79.9. The van der Waals surface area contributed by atoms with E-state index in [1.54, 1.807) is 19.1 Å².